The molecule has 0 rings (SSSR count). The fourth-order valence-corrected chi connectivity index (χ4v) is 1.97. The smallest absolute Gasteiger partial charge is 0.00845 e. The number of rotatable bonds is 8. The van der Waals surface area contributed by atoms with Crippen molar-refractivity contribution < 1.29 is 0 Å². The predicted octanol–water partition coefficient (Wildman–Crippen LogP) is 4.70. The molecule has 1 nitrogen and oxygen atoms in total. The summed E-state index contributed by atoms with van der Waals surface area (Å²) in [5, 5.41) is 3.06. The van der Waals surface area contributed by atoms with Gasteiger partial charge in [0.25, 0.3) is 0 Å². The van der Waals surface area contributed by atoms with Crippen LogP contribution in [0.15, 0.2) is 11.8 Å². The van der Waals surface area contributed by atoms with E-state index in [1.807, 2.05) is 6.92 Å². The molecule has 0 amide bonds. The predicted molar refractivity (Wildman–Crippen MR) is 77.4 cm³/mol. The third kappa shape index (κ3) is 7.91. The first-order valence-electron chi connectivity index (χ1n) is 6.99. The molecule has 0 radical (unpaired) electrons. The van der Waals surface area contributed by atoms with Gasteiger partial charge < -0.3 is 5.32 Å². The highest BCUT2D eigenvalue weighted by atomic mass is 14.8. The number of hydrogen-bond donors (Lipinski definition) is 1. The van der Waals surface area contributed by atoms with E-state index >= 15 is 0 Å². The molecule has 0 aromatic heterocycles. The third-order valence-corrected chi connectivity index (χ3v) is 3.43. The maximum absolute atomic E-state index is 3.06. The molecule has 0 aliphatic rings. The van der Waals surface area contributed by atoms with E-state index in [1.54, 1.807) is 0 Å². The van der Waals surface area contributed by atoms with Gasteiger partial charge in [0.1, 0.15) is 0 Å². The van der Waals surface area contributed by atoms with Crippen molar-refractivity contribution in [3.05, 3.63) is 11.8 Å². The van der Waals surface area contributed by atoms with Crippen LogP contribution in [0, 0.1) is 23.8 Å². The Morgan fingerprint density at radius 2 is 2.06 bits per heavy atom. The molecule has 0 aromatic rings. The van der Waals surface area contributed by atoms with Crippen LogP contribution in [0.1, 0.15) is 66.7 Å². The van der Waals surface area contributed by atoms with Gasteiger partial charge in [0.15, 0.2) is 0 Å². The second-order valence-electron chi connectivity index (χ2n) is 5.00. The summed E-state index contributed by atoms with van der Waals surface area (Å²) in [6.07, 6.45) is 8.58. The molecule has 17 heavy (non-hydrogen) atoms. The summed E-state index contributed by atoms with van der Waals surface area (Å²) in [6.45, 7) is 11.0. The highest BCUT2D eigenvalue weighted by Crippen LogP contribution is 2.26. The molecule has 2 unspecified atom stereocenters. The lowest BCUT2D eigenvalue weighted by Gasteiger charge is -2.21. The fraction of sp³-hybridized carbons (Fsp3) is 0.750. The maximum atomic E-state index is 3.06. The summed E-state index contributed by atoms with van der Waals surface area (Å²) in [4.78, 5) is 0. The zero-order valence-corrected chi connectivity index (χ0v) is 12.3. The minimum Gasteiger partial charge on any atom is -0.322 e. The highest BCUT2D eigenvalue weighted by Gasteiger charge is 2.13. The van der Waals surface area contributed by atoms with E-state index in [-0.39, 0.29) is 0 Å². The molecule has 0 heterocycles. The summed E-state index contributed by atoms with van der Waals surface area (Å²) in [7, 11) is 0. The van der Waals surface area contributed by atoms with Crippen molar-refractivity contribution in [3.63, 3.8) is 0 Å². The quantitative estimate of drug-likeness (QED) is 0.475. The van der Waals surface area contributed by atoms with Gasteiger partial charge in [-0.2, -0.15) is 0 Å². The van der Waals surface area contributed by atoms with E-state index in [0.717, 1.165) is 11.8 Å². The Bertz CT molecular complexity index is 267. The molecule has 0 aliphatic carbocycles. The minimum atomic E-state index is 0.719. The van der Waals surface area contributed by atoms with E-state index < -0.39 is 0 Å². The van der Waals surface area contributed by atoms with E-state index in [1.165, 1.54) is 37.7 Å². The van der Waals surface area contributed by atoms with Crippen LogP contribution in [0.5, 0.6) is 0 Å². The third-order valence-electron chi connectivity index (χ3n) is 3.43. The van der Waals surface area contributed by atoms with Gasteiger partial charge in [0.05, 0.1) is 0 Å². The minimum absolute atomic E-state index is 0.719. The lowest BCUT2D eigenvalue weighted by atomic mass is 9.85. The molecule has 1 N–H and O–H groups in total. The number of allylic oxidation sites excluding steroid dienone is 1. The highest BCUT2D eigenvalue weighted by molar-refractivity contribution is 5.07. The topological polar surface area (TPSA) is 12.0 Å². The Morgan fingerprint density at radius 3 is 2.59 bits per heavy atom. The molecule has 2 atom stereocenters. The van der Waals surface area contributed by atoms with E-state index in [4.69, 9.17) is 0 Å². The van der Waals surface area contributed by atoms with Crippen molar-refractivity contribution in [1.29, 1.82) is 0 Å². The van der Waals surface area contributed by atoms with Gasteiger partial charge in [0.2, 0.25) is 0 Å². The van der Waals surface area contributed by atoms with Crippen LogP contribution < -0.4 is 5.32 Å². The summed E-state index contributed by atoms with van der Waals surface area (Å²) in [5.74, 6) is 4.39. The van der Waals surface area contributed by atoms with Crippen LogP contribution in [0.2, 0.25) is 0 Å². The van der Waals surface area contributed by atoms with Crippen LogP contribution >= 0.6 is 0 Å². The van der Waals surface area contributed by atoms with Crippen molar-refractivity contribution in [3.8, 4) is 12.0 Å². The Balaban J connectivity index is 4.40. The summed E-state index contributed by atoms with van der Waals surface area (Å²) >= 11 is 0. The molecular weight excluding hydrogens is 206 g/mol. The second-order valence-corrected chi connectivity index (χ2v) is 5.00. The van der Waals surface area contributed by atoms with Crippen LogP contribution in [0.4, 0.5) is 0 Å². The van der Waals surface area contributed by atoms with Crippen LogP contribution in [0.3, 0.4) is 0 Å². The SMILES string of the molecule is CC#CN/C=C(\C)C(CCCC)CC(C)CC. The van der Waals surface area contributed by atoms with E-state index in [0.29, 0.717) is 0 Å². The second kappa shape index (κ2) is 10.3. The standard InChI is InChI=1S/C16H29N/c1-6-9-10-16(12-14(4)8-3)15(5)13-17-11-7-2/h13-14,16-17H,6,8-10,12H2,1-5H3/b15-13+. The average Bonchev–Trinajstić information content (AvgIpc) is 2.34. The summed E-state index contributed by atoms with van der Waals surface area (Å²) in [6, 6.07) is 2.88. The average molecular weight is 235 g/mol. The molecule has 1 heteroatoms. The zero-order chi connectivity index (χ0) is 13.1. The first-order valence-corrected chi connectivity index (χ1v) is 6.99. The number of nitrogens with one attached hydrogen (secondary N) is 1. The molecule has 0 aliphatic heterocycles. The van der Waals surface area contributed by atoms with Crippen molar-refractivity contribution in [1.82, 2.24) is 5.32 Å². The molecule has 98 valence electrons. The fourth-order valence-electron chi connectivity index (χ4n) is 1.97. The Labute approximate surface area is 108 Å². The van der Waals surface area contributed by atoms with Gasteiger partial charge >= 0.3 is 0 Å². The van der Waals surface area contributed by atoms with Crippen molar-refractivity contribution in [2.45, 2.75) is 66.7 Å². The Kier molecular flexibility index (Phi) is 9.72. The van der Waals surface area contributed by atoms with Gasteiger partial charge in [-0.3, -0.25) is 0 Å². The van der Waals surface area contributed by atoms with E-state index in [9.17, 15) is 0 Å². The largest absolute Gasteiger partial charge is 0.322 e. The molecule has 0 saturated carbocycles. The number of hydrogen-bond acceptors (Lipinski definition) is 1. The molecule has 0 fully saturated rings. The molecule has 0 bridgehead atoms. The van der Waals surface area contributed by atoms with Gasteiger partial charge in [-0.25, -0.2) is 0 Å². The maximum Gasteiger partial charge on any atom is 0.00845 e. The van der Waals surface area contributed by atoms with Crippen LogP contribution in [0.25, 0.3) is 0 Å². The van der Waals surface area contributed by atoms with Crippen LogP contribution in [-0.2, 0) is 0 Å². The Morgan fingerprint density at radius 1 is 1.35 bits per heavy atom. The molecule has 0 spiro atoms. The summed E-state index contributed by atoms with van der Waals surface area (Å²) in [5.41, 5.74) is 1.45. The first kappa shape index (κ1) is 16.1. The lowest BCUT2D eigenvalue weighted by molar-refractivity contribution is 0.393. The normalized spacial score (nSPS) is 14.8. The van der Waals surface area contributed by atoms with Crippen molar-refractivity contribution in [2.24, 2.45) is 11.8 Å². The monoisotopic (exact) mass is 235 g/mol. The van der Waals surface area contributed by atoms with Crippen molar-refractivity contribution >= 4 is 0 Å². The van der Waals surface area contributed by atoms with Gasteiger partial charge in [0, 0.05) is 12.2 Å². The zero-order valence-electron chi connectivity index (χ0n) is 12.3. The Hall–Kier alpha value is -0.900. The van der Waals surface area contributed by atoms with Crippen LogP contribution in [-0.4, -0.2) is 0 Å². The van der Waals surface area contributed by atoms with Gasteiger partial charge in [-0.05, 0) is 38.5 Å². The van der Waals surface area contributed by atoms with Crippen molar-refractivity contribution in [2.75, 3.05) is 0 Å². The van der Waals surface area contributed by atoms with Gasteiger partial charge in [-0.15, -0.1) is 0 Å². The summed E-state index contributed by atoms with van der Waals surface area (Å²) < 4.78 is 0. The first-order chi connectivity index (χ1) is 8.15. The van der Waals surface area contributed by atoms with E-state index in [2.05, 4.69) is 51.2 Å². The lowest BCUT2D eigenvalue weighted by Crippen LogP contribution is -2.10. The van der Waals surface area contributed by atoms with Gasteiger partial charge in [-0.1, -0.05) is 51.5 Å². The molecule has 0 aromatic carbocycles. The molecular formula is C16H29N. The molecule has 0 saturated heterocycles. The number of unbranched alkanes of at least 4 members (excludes halogenated alkanes) is 1.